The second-order valence-electron chi connectivity index (χ2n) is 4.59. The molecular weight excluding hydrogens is 222 g/mol. The fraction of sp³-hybridized carbons (Fsp3) is 0.833. The van der Waals surface area contributed by atoms with Crippen LogP contribution in [0.15, 0.2) is 0 Å². The Morgan fingerprint density at radius 3 is 2.47 bits per heavy atom. The summed E-state index contributed by atoms with van der Waals surface area (Å²) < 4.78 is 5.23. The van der Waals surface area contributed by atoms with E-state index in [1.54, 1.807) is 0 Å². The minimum atomic E-state index is -0.854. The average molecular weight is 243 g/mol. The van der Waals surface area contributed by atoms with Gasteiger partial charge < -0.3 is 15.2 Å². The number of carboxylic acids is 1. The molecule has 1 aliphatic rings. The first-order valence-electron chi connectivity index (χ1n) is 6.12. The Labute approximate surface area is 102 Å². The molecule has 1 saturated carbocycles. The number of aliphatic carboxylic acids is 1. The lowest BCUT2D eigenvalue weighted by molar-refractivity contribution is -0.154. The minimum Gasteiger partial charge on any atom is -0.481 e. The molecule has 0 aliphatic heterocycles. The molecule has 0 aromatic rings. The first-order chi connectivity index (χ1) is 8.05. The lowest BCUT2D eigenvalue weighted by atomic mass is 9.79. The number of nitrogens with one attached hydrogen (secondary N) is 1. The summed E-state index contributed by atoms with van der Waals surface area (Å²) in [5.41, 5.74) is -0.699. The number of hydrogen-bond acceptors (Lipinski definition) is 3. The van der Waals surface area contributed by atoms with Crippen LogP contribution in [-0.2, 0) is 14.3 Å². The summed E-state index contributed by atoms with van der Waals surface area (Å²) in [6.45, 7) is 2.12. The van der Waals surface area contributed by atoms with Crippen LogP contribution in [0.2, 0.25) is 0 Å². The minimum absolute atomic E-state index is 0.173. The van der Waals surface area contributed by atoms with Crippen molar-refractivity contribution in [3.05, 3.63) is 0 Å². The lowest BCUT2D eigenvalue weighted by Crippen LogP contribution is -2.54. The van der Waals surface area contributed by atoms with Crippen molar-refractivity contribution in [2.75, 3.05) is 13.7 Å². The van der Waals surface area contributed by atoms with Crippen molar-refractivity contribution in [3.8, 4) is 0 Å². The molecule has 1 fully saturated rings. The highest BCUT2D eigenvalue weighted by atomic mass is 16.5. The van der Waals surface area contributed by atoms with Gasteiger partial charge in [0.2, 0.25) is 0 Å². The first kappa shape index (κ1) is 14.0. The molecule has 0 radical (unpaired) electrons. The Morgan fingerprint density at radius 2 is 2.12 bits per heavy atom. The van der Waals surface area contributed by atoms with E-state index in [0.717, 1.165) is 25.7 Å². The number of rotatable bonds is 7. The third-order valence-electron chi connectivity index (χ3n) is 3.46. The first-order valence-corrected chi connectivity index (χ1v) is 6.12. The molecule has 0 saturated heterocycles. The van der Waals surface area contributed by atoms with E-state index in [9.17, 15) is 9.59 Å². The van der Waals surface area contributed by atoms with E-state index in [0.29, 0.717) is 6.42 Å². The van der Waals surface area contributed by atoms with Crippen LogP contribution < -0.4 is 5.32 Å². The summed E-state index contributed by atoms with van der Waals surface area (Å²) in [5.74, 6) is -1.53. The SMILES string of the molecule is CCCC(CNC(=O)C1(OC)CCC1)C(=O)O. The third-order valence-corrected chi connectivity index (χ3v) is 3.46. The van der Waals surface area contributed by atoms with E-state index in [2.05, 4.69) is 5.32 Å². The zero-order valence-electron chi connectivity index (χ0n) is 10.5. The molecule has 5 heteroatoms. The summed E-state index contributed by atoms with van der Waals surface area (Å²) in [4.78, 5) is 22.8. The molecule has 1 aliphatic carbocycles. The van der Waals surface area contributed by atoms with Gasteiger partial charge in [-0.05, 0) is 25.7 Å². The summed E-state index contributed by atoms with van der Waals surface area (Å²) in [6.07, 6.45) is 3.80. The van der Waals surface area contributed by atoms with Crippen LogP contribution in [0.3, 0.4) is 0 Å². The monoisotopic (exact) mass is 243 g/mol. The summed E-state index contributed by atoms with van der Waals surface area (Å²) >= 11 is 0. The maximum absolute atomic E-state index is 11.9. The van der Waals surface area contributed by atoms with Crippen LogP contribution in [0.5, 0.6) is 0 Å². The average Bonchev–Trinajstić information content (AvgIpc) is 2.23. The summed E-state index contributed by atoms with van der Waals surface area (Å²) in [6, 6.07) is 0. The van der Waals surface area contributed by atoms with Gasteiger partial charge in [-0.2, -0.15) is 0 Å². The van der Waals surface area contributed by atoms with E-state index in [1.807, 2.05) is 6.92 Å². The highest BCUT2D eigenvalue weighted by Crippen LogP contribution is 2.35. The second kappa shape index (κ2) is 6.00. The Kier molecular flexibility index (Phi) is 4.93. The Bertz CT molecular complexity index is 281. The van der Waals surface area contributed by atoms with Crippen LogP contribution >= 0.6 is 0 Å². The van der Waals surface area contributed by atoms with Gasteiger partial charge in [0.15, 0.2) is 0 Å². The number of hydrogen-bond donors (Lipinski definition) is 2. The zero-order valence-corrected chi connectivity index (χ0v) is 10.5. The summed E-state index contributed by atoms with van der Waals surface area (Å²) in [7, 11) is 1.53. The molecule has 0 aromatic carbocycles. The maximum atomic E-state index is 11.9. The quantitative estimate of drug-likeness (QED) is 0.704. The van der Waals surface area contributed by atoms with E-state index >= 15 is 0 Å². The van der Waals surface area contributed by atoms with Crippen LogP contribution in [0, 0.1) is 5.92 Å². The van der Waals surface area contributed by atoms with Crippen LogP contribution in [-0.4, -0.2) is 36.2 Å². The molecule has 5 nitrogen and oxygen atoms in total. The number of methoxy groups -OCH3 is 1. The number of amides is 1. The topological polar surface area (TPSA) is 75.6 Å². The van der Waals surface area contributed by atoms with Gasteiger partial charge in [0.05, 0.1) is 5.92 Å². The maximum Gasteiger partial charge on any atom is 0.308 e. The number of carboxylic acid groups (broad SMARTS) is 1. The van der Waals surface area contributed by atoms with Crippen molar-refractivity contribution in [2.24, 2.45) is 5.92 Å². The molecule has 0 bridgehead atoms. The van der Waals surface area contributed by atoms with Gasteiger partial charge >= 0.3 is 5.97 Å². The van der Waals surface area contributed by atoms with Crippen molar-refractivity contribution in [2.45, 2.75) is 44.6 Å². The smallest absolute Gasteiger partial charge is 0.308 e. The predicted molar refractivity (Wildman–Crippen MR) is 62.6 cm³/mol. The standard InChI is InChI=1S/C12H21NO4/c1-3-5-9(10(14)15)8-13-11(16)12(17-2)6-4-7-12/h9H,3-8H2,1-2H3,(H,13,16)(H,14,15). The number of carbonyl (C=O) groups excluding carboxylic acids is 1. The highest BCUT2D eigenvalue weighted by molar-refractivity contribution is 5.86. The summed E-state index contributed by atoms with van der Waals surface area (Å²) in [5, 5.41) is 11.7. The normalized spacial score (nSPS) is 19.2. The predicted octanol–water partition coefficient (Wildman–Crippen LogP) is 1.17. The van der Waals surface area contributed by atoms with E-state index in [1.165, 1.54) is 7.11 Å². The Balaban J connectivity index is 2.43. The van der Waals surface area contributed by atoms with Crippen molar-refractivity contribution in [1.29, 1.82) is 0 Å². The fourth-order valence-electron chi connectivity index (χ4n) is 2.06. The van der Waals surface area contributed by atoms with E-state index in [4.69, 9.17) is 9.84 Å². The van der Waals surface area contributed by atoms with Crippen LogP contribution in [0.4, 0.5) is 0 Å². The molecule has 1 rings (SSSR count). The van der Waals surface area contributed by atoms with E-state index in [-0.39, 0.29) is 12.5 Å². The van der Waals surface area contributed by atoms with Crippen molar-refractivity contribution in [1.82, 2.24) is 5.32 Å². The highest BCUT2D eigenvalue weighted by Gasteiger charge is 2.44. The Morgan fingerprint density at radius 1 is 1.47 bits per heavy atom. The number of carbonyl (C=O) groups is 2. The third kappa shape index (κ3) is 3.19. The van der Waals surface area contributed by atoms with Crippen molar-refractivity contribution in [3.63, 3.8) is 0 Å². The van der Waals surface area contributed by atoms with Gasteiger partial charge in [-0.15, -0.1) is 0 Å². The van der Waals surface area contributed by atoms with Gasteiger partial charge in [0.1, 0.15) is 5.60 Å². The van der Waals surface area contributed by atoms with Gasteiger partial charge in [0.25, 0.3) is 5.91 Å². The van der Waals surface area contributed by atoms with Gasteiger partial charge in [-0.25, -0.2) is 0 Å². The molecule has 1 amide bonds. The molecule has 2 N–H and O–H groups in total. The molecular formula is C12H21NO4. The van der Waals surface area contributed by atoms with Gasteiger partial charge in [-0.1, -0.05) is 13.3 Å². The molecule has 0 heterocycles. The second-order valence-corrected chi connectivity index (χ2v) is 4.59. The molecule has 0 spiro atoms. The van der Waals surface area contributed by atoms with E-state index < -0.39 is 17.5 Å². The van der Waals surface area contributed by atoms with Crippen molar-refractivity contribution >= 4 is 11.9 Å². The number of ether oxygens (including phenoxy) is 1. The van der Waals surface area contributed by atoms with Crippen LogP contribution in [0.1, 0.15) is 39.0 Å². The van der Waals surface area contributed by atoms with Gasteiger partial charge in [0, 0.05) is 13.7 Å². The van der Waals surface area contributed by atoms with Crippen LogP contribution in [0.25, 0.3) is 0 Å². The molecule has 98 valence electrons. The van der Waals surface area contributed by atoms with Gasteiger partial charge in [-0.3, -0.25) is 9.59 Å². The zero-order chi connectivity index (χ0) is 12.9. The molecule has 1 unspecified atom stereocenters. The molecule has 0 aromatic heterocycles. The Hall–Kier alpha value is -1.10. The molecule has 1 atom stereocenters. The largest absolute Gasteiger partial charge is 0.481 e. The lowest BCUT2D eigenvalue weighted by Gasteiger charge is -2.38. The van der Waals surface area contributed by atoms with Crippen molar-refractivity contribution < 1.29 is 19.4 Å². The fourth-order valence-corrected chi connectivity index (χ4v) is 2.06. The molecule has 17 heavy (non-hydrogen) atoms.